The van der Waals surface area contributed by atoms with Crippen molar-refractivity contribution in [3.05, 3.63) is 65.6 Å². The second-order valence-corrected chi connectivity index (χ2v) is 8.99. The molecule has 0 atom stereocenters. The number of carbonyl (C=O) groups excluding carboxylic acids is 1. The molecule has 31 heavy (non-hydrogen) atoms. The van der Waals surface area contributed by atoms with E-state index >= 15 is 0 Å². The molecule has 2 aromatic carbocycles. The van der Waals surface area contributed by atoms with E-state index in [0.29, 0.717) is 13.0 Å². The van der Waals surface area contributed by atoms with Crippen LogP contribution in [0.4, 0.5) is 11.4 Å². The van der Waals surface area contributed by atoms with Gasteiger partial charge in [0, 0.05) is 66.7 Å². The Bertz CT molecular complexity index is 1100. The van der Waals surface area contributed by atoms with Crippen LogP contribution < -0.4 is 15.0 Å². The van der Waals surface area contributed by atoms with Gasteiger partial charge in [0.05, 0.1) is 0 Å². The molecular weight excluding hydrogens is 406 g/mol. The number of aryl methyl sites for hydroxylation is 1. The largest absolute Gasteiger partial charge is 0.489 e. The SMILES string of the molecule is O=C1CCc2ccc(OC/C=C\CN3CCN(c4cccc5sccc45)CC3)cc2N1. The number of thiophene rings is 1. The maximum Gasteiger partial charge on any atom is 0.224 e. The number of nitrogens with zero attached hydrogens (tertiary/aromatic N) is 2. The van der Waals surface area contributed by atoms with Gasteiger partial charge in [-0.25, -0.2) is 0 Å². The van der Waals surface area contributed by atoms with Gasteiger partial charge in [0.25, 0.3) is 0 Å². The molecule has 0 unspecified atom stereocenters. The summed E-state index contributed by atoms with van der Waals surface area (Å²) in [5, 5.41) is 6.47. The molecule has 5 rings (SSSR count). The standard InChI is InChI=1S/C25H27N3O2S/c29-25-9-7-19-6-8-20(18-22(19)26-25)30-16-2-1-11-27-12-14-28(15-13-27)23-4-3-5-24-21(23)10-17-31-24/h1-6,8,10,17-18H,7,9,11-16H2,(H,26,29)/b2-1-. The Morgan fingerprint density at radius 2 is 1.94 bits per heavy atom. The van der Waals surface area contributed by atoms with Crippen molar-refractivity contribution in [1.29, 1.82) is 0 Å². The van der Waals surface area contributed by atoms with Gasteiger partial charge in [0.15, 0.2) is 0 Å². The van der Waals surface area contributed by atoms with Crippen LogP contribution in [0.3, 0.4) is 0 Å². The fourth-order valence-corrected chi connectivity index (χ4v) is 5.11. The minimum atomic E-state index is 0.0802. The number of hydrogen-bond donors (Lipinski definition) is 1. The molecule has 1 N–H and O–H groups in total. The van der Waals surface area contributed by atoms with Gasteiger partial charge in [-0.1, -0.05) is 24.3 Å². The number of fused-ring (bicyclic) bond motifs is 2. The summed E-state index contributed by atoms with van der Waals surface area (Å²) in [6.45, 7) is 5.72. The van der Waals surface area contributed by atoms with Gasteiger partial charge in [0.1, 0.15) is 12.4 Å². The van der Waals surface area contributed by atoms with E-state index in [1.807, 2.05) is 29.5 Å². The minimum absolute atomic E-state index is 0.0802. The fourth-order valence-electron chi connectivity index (χ4n) is 4.30. The van der Waals surface area contributed by atoms with E-state index in [4.69, 9.17) is 4.74 Å². The smallest absolute Gasteiger partial charge is 0.224 e. The Morgan fingerprint density at radius 3 is 2.84 bits per heavy atom. The molecule has 3 heterocycles. The van der Waals surface area contributed by atoms with Crippen molar-refractivity contribution in [2.75, 3.05) is 49.5 Å². The van der Waals surface area contributed by atoms with Gasteiger partial charge in [0.2, 0.25) is 5.91 Å². The van der Waals surface area contributed by atoms with Crippen LogP contribution in [0.1, 0.15) is 12.0 Å². The van der Waals surface area contributed by atoms with Crippen molar-refractivity contribution < 1.29 is 9.53 Å². The molecule has 0 saturated carbocycles. The molecule has 1 aromatic heterocycles. The zero-order chi connectivity index (χ0) is 21.0. The molecule has 6 heteroatoms. The average Bonchev–Trinajstić information content (AvgIpc) is 3.28. The number of hydrogen-bond acceptors (Lipinski definition) is 5. The normalized spacial score (nSPS) is 17.2. The molecule has 0 bridgehead atoms. The molecule has 1 amide bonds. The van der Waals surface area contributed by atoms with Gasteiger partial charge in [-0.15, -0.1) is 11.3 Å². The fraction of sp³-hybridized carbons (Fsp3) is 0.320. The van der Waals surface area contributed by atoms with Crippen molar-refractivity contribution in [2.24, 2.45) is 0 Å². The summed E-state index contributed by atoms with van der Waals surface area (Å²) in [6, 6.07) is 14.8. The predicted molar refractivity (Wildman–Crippen MR) is 129 cm³/mol. The summed E-state index contributed by atoms with van der Waals surface area (Å²) >= 11 is 1.81. The van der Waals surface area contributed by atoms with Crippen LogP contribution in [0.15, 0.2) is 60.0 Å². The highest BCUT2D eigenvalue weighted by Gasteiger charge is 2.18. The first kappa shape index (κ1) is 20.1. The quantitative estimate of drug-likeness (QED) is 0.580. The predicted octanol–water partition coefficient (Wildman–Crippen LogP) is 4.54. The Kier molecular flexibility index (Phi) is 5.91. The lowest BCUT2D eigenvalue weighted by Crippen LogP contribution is -2.46. The summed E-state index contributed by atoms with van der Waals surface area (Å²) < 4.78 is 7.21. The number of amides is 1. The highest BCUT2D eigenvalue weighted by atomic mass is 32.1. The Balaban J connectivity index is 1.08. The molecule has 2 aliphatic heterocycles. The van der Waals surface area contributed by atoms with Crippen LogP contribution in [-0.2, 0) is 11.2 Å². The van der Waals surface area contributed by atoms with E-state index < -0.39 is 0 Å². The number of benzene rings is 2. The third kappa shape index (κ3) is 4.60. The summed E-state index contributed by atoms with van der Waals surface area (Å²) in [6.07, 6.45) is 5.64. The topological polar surface area (TPSA) is 44.8 Å². The Labute approximate surface area is 186 Å². The number of carbonyl (C=O) groups is 1. The first-order valence-electron chi connectivity index (χ1n) is 10.9. The molecule has 0 radical (unpaired) electrons. The van der Waals surface area contributed by atoms with Crippen LogP contribution in [0.2, 0.25) is 0 Å². The maximum atomic E-state index is 11.6. The zero-order valence-corrected chi connectivity index (χ0v) is 18.4. The van der Waals surface area contributed by atoms with E-state index in [1.165, 1.54) is 21.3 Å². The van der Waals surface area contributed by atoms with E-state index in [2.05, 4.69) is 56.9 Å². The van der Waals surface area contributed by atoms with Gasteiger partial charge in [-0.2, -0.15) is 0 Å². The number of nitrogens with one attached hydrogen (secondary N) is 1. The number of anilines is 2. The van der Waals surface area contributed by atoms with Gasteiger partial charge < -0.3 is 15.0 Å². The molecule has 5 nitrogen and oxygen atoms in total. The van der Waals surface area contributed by atoms with Crippen molar-refractivity contribution in [3.8, 4) is 5.75 Å². The lowest BCUT2D eigenvalue weighted by atomic mass is 10.0. The monoisotopic (exact) mass is 433 g/mol. The van der Waals surface area contributed by atoms with E-state index in [-0.39, 0.29) is 5.91 Å². The highest BCUT2D eigenvalue weighted by molar-refractivity contribution is 7.17. The van der Waals surface area contributed by atoms with E-state index in [9.17, 15) is 4.79 Å². The van der Waals surface area contributed by atoms with Crippen LogP contribution in [0.5, 0.6) is 5.75 Å². The molecule has 0 spiro atoms. The third-order valence-electron chi connectivity index (χ3n) is 6.04. The molecule has 160 valence electrons. The van der Waals surface area contributed by atoms with Crippen molar-refractivity contribution in [1.82, 2.24) is 4.90 Å². The second kappa shape index (κ2) is 9.12. The average molecular weight is 434 g/mol. The van der Waals surface area contributed by atoms with Crippen LogP contribution in [0, 0.1) is 0 Å². The van der Waals surface area contributed by atoms with Gasteiger partial charge in [-0.05, 0) is 41.6 Å². The van der Waals surface area contributed by atoms with Crippen LogP contribution in [-0.4, -0.2) is 50.1 Å². The highest BCUT2D eigenvalue weighted by Crippen LogP contribution is 2.31. The molecule has 3 aromatic rings. The maximum absolute atomic E-state index is 11.6. The number of piperazine rings is 1. The van der Waals surface area contributed by atoms with Gasteiger partial charge in [-0.3, -0.25) is 9.69 Å². The minimum Gasteiger partial charge on any atom is -0.489 e. The Morgan fingerprint density at radius 1 is 1.03 bits per heavy atom. The van der Waals surface area contributed by atoms with E-state index in [0.717, 1.165) is 50.6 Å². The van der Waals surface area contributed by atoms with Crippen molar-refractivity contribution in [2.45, 2.75) is 12.8 Å². The molecule has 0 aliphatic carbocycles. The van der Waals surface area contributed by atoms with Crippen molar-refractivity contribution in [3.63, 3.8) is 0 Å². The molecule has 2 aliphatic rings. The van der Waals surface area contributed by atoms with Crippen molar-refractivity contribution >= 4 is 38.7 Å². The molecule has 1 saturated heterocycles. The number of rotatable bonds is 6. The first-order chi connectivity index (χ1) is 15.3. The third-order valence-corrected chi connectivity index (χ3v) is 6.92. The van der Waals surface area contributed by atoms with Crippen LogP contribution >= 0.6 is 11.3 Å². The lowest BCUT2D eigenvalue weighted by Gasteiger charge is -2.36. The number of ether oxygens (including phenoxy) is 1. The summed E-state index contributed by atoms with van der Waals surface area (Å²) in [5.41, 5.74) is 3.43. The molecule has 1 fully saturated rings. The van der Waals surface area contributed by atoms with Gasteiger partial charge >= 0.3 is 0 Å². The summed E-state index contributed by atoms with van der Waals surface area (Å²) in [7, 11) is 0. The summed E-state index contributed by atoms with van der Waals surface area (Å²) in [5.74, 6) is 0.874. The van der Waals surface area contributed by atoms with E-state index in [1.54, 1.807) is 0 Å². The molecular formula is C25H27N3O2S. The first-order valence-corrected chi connectivity index (χ1v) is 11.8. The summed E-state index contributed by atoms with van der Waals surface area (Å²) in [4.78, 5) is 16.6. The van der Waals surface area contributed by atoms with Crippen LogP contribution in [0.25, 0.3) is 10.1 Å². The Hall–Kier alpha value is -2.83. The lowest BCUT2D eigenvalue weighted by molar-refractivity contribution is -0.116. The second-order valence-electron chi connectivity index (χ2n) is 8.05. The zero-order valence-electron chi connectivity index (χ0n) is 17.5.